The molecule has 1 fully saturated rings. The van der Waals surface area contributed by atoms with Crippen molar-refractivity contribution in [2.45, 2.75) is 24.7 Å². The highest BCUT2D eigenvalue weighted by atomic mass is 19.1. The van der Waals surface area contributed by atoms with E-state index in [0.29, 0.717) is 23.5 Å². The minimum atomic E-state index is -1.29. The average Bonchev–Trinajstić information content (AvgIpc) is 2.69. The number of nitrogens with one attached hydrogen (secondary N) is 2. The highest BCUT2D eigenvalue weighted by Crippen LogP contribution is 2.43. The normalized spacial score (nSPS) is 14.8. The maximum Gasteiger partial charge on any atom is 0.341 e. The van der Waals surface area contributed by atoms with Crippen LogP contribution in [0.4, 0.5) is 10.1 Å². The van der Waals surface area contributed by atoms with Gasteiger partial charge in [0.2, 0.25) is 0 Å². The van der Waals surface area contributed by atoms with E-state index in [1.807, 2.05) is 6.07 Å². The van der Waals surface area contributed by atoms with Crippen molar-refractivity contribution in [1.82, 2.24) is 15.0 Å². The smallest absolute Gasteiger partial charge is 0.341 e. The number of carboxylic acid groups (broad SMARTS) is 1. The molecule has 1 aliphatic carbocycles. The molecule has 1 saturated carbocycles. The lowest BCUT2D eigenvalue weighted by atomic mass is 9.66. The number of aromatic carboxylic acids is 1. The number of H-pyrrole nitrogens is 1. The molecule has 3 N–H and O–H groups in total. The third-order valence-electron chi connectivity index (χ3n) is 5.40. The zero-order valence-electron chi connectivity index (χ0n) is 15.5. The summed E-state index contributed by atoms with van der Waals surface area (Å²) < 4.78 is 14.2. The molecule has 7 nitrogen and oxygen atoms in total. The third-order valence-corrected chi connectivity index (χ3v) is 5.40. The molecule has 4 rings (SSSR count). The first-order valence-electron chi connectivity index (χ1n) is 9.26. The third kappa shape index (κ3) is 3.61. The Morgan fingerprint density at radius 2 is 2.10 bits per heavy atom. The molecule has 0 radical (unpaired) electrons. The van der Waals surface area contributed by atoms with E-state index < -0.39 is 11.5 Å². The Kier molecular flexibility index (Phi) is 4.84. The number of hydrogen-bond acceptors (Lipinski definition) is 5. The van der Waals surface area contributed by atoms with Crippen LogP contribution in [0.3, 0.4) is 0 Å². The second-order valence-corrected chi connectivity index (χ2v) is 7.19. The zero-order valence-corrected chi connectivity index (χ0v) is 15.5. The number of rotatable bonds is 6. The van der Waals surface area contributed by atoms with Gasteiger partial charge in [-0.25, -0.2) is 9.18 Å². The molecule has 0 aliphatic heterocycles. The van der Waals surface area contributed by atoms with Crippen molar-refractivity contribution in [2.75, 3.05) is 11.9 Å². The predicted octanol–water partition coefficient (Wildman–Crippen LogP) is 3.20. The minimum absolute atomic E-state index is 0.283. The first-order valence-corrected chi connectivity index (χ1v) is 9.26. The van der Waals surface area contributed by atoms with E-state index in [1.54, 1.807) is 24.5 Å². The predicted molar refractivity (Wildman–Crippen MR) is 105 cm³/mol. The molecule has 8 heteroatoms. The van der Waals surface area contributed by atoms with E-state index in [-0.39, 0.29) is 16.8 Å². The van der Waals surface area contributed by atoms with Crippen LogP contribution in [0.5, 0.6) is 0 Å². The van der Waals surface area contributed by atoms with Gasteiger partial charge >= 0.3 is 5.97 Å². The second-order valence-electron chi connectivity index (χ2n) is 7.19. The average molecular weight is 394 g/mol. The molecule has 0 saturated heterocycles. The van der Waals surface area contributed by atoms with E-state index >= 15 is 0 Å². The van der Waals surface area contributed by atoms with Gasteiger partial charge in [0.25, 0.3) is 5.56 Å². The number of carbonyl (C=O) groups is 1. The number of nitrogens with zero attached hydrogens (tertiary/aromatic N) is 2. The number of halogens is 1. The topological polar surface area (TPSA) is 108 Å². The van der Waals surface area contributed by atoms with E-state index in [4.69, 9.17) is 5.11 Å². The second kappa shape index (κ2) is 7.46. The largest absolute Gasteiger partial charge is 0.477 e. The van der Waals surface area contributed by atoms with Crippen molar-refractivity contribution in [3.05, 3.63) is 76.4 Å². The van der Waals surface area contributed by atoms with Crippen molar-refractivity contribution in [2.24, 2.45) is 0 Å². The van der Waals surface area contributed by atoms with Crippen LogP contribution in [-0.4, -0.2) is 32.6 Å². The molecule has 0 bridgehead atoms. The molecule has 3 aromatic heterocycles. The highest BCUT2D eigenvalue weighted by Gasteiger charge is 2.41. The fraction of sp³-hybridized carbons (Fsp3) is 0.238. The molecule has 0 spiro atoms. The number of anilines is 1. The number of aromatic nitrogens is 3. The molecule has 148 valence electrons. The van der Waals surface area contributed by atoms with Crippen LogP contribution >= 0.6 is 0 Å². The Hall–Kier alpha value is -3.55. The van der Waals surface area contributed by atoms with E-state index in [0.717, 1.165) is 24.9 Å². The van der Waals surface area contributed by atoms with Crippen molar-refractivity contribution in [1.29, 1.82) is 0 Å². The van der Waals surface area contributed by atoms with Crippen molar-refractivity contribution in [3.63, 3.8) is 0 Å². The summed E-state index contributed by atoms with van der Waals surface area (Å²) in [4.78, 5) is 33.7. The van der Waals surface area contributed by atoms with E-state index in [2.05, 4.69) is 20.3 Å². The maximum atomic E-state index is 14.2. The van der Waals surface area contributed by atoms with Crippen LogP contribution < -0.4 is 10.9 Å². The summed E-state index contributed by atoms with van der Waals surface area (Å²) in [5.41, 5.74) is 0.974. The Labute approximate surface area is 165 Å². The van der Waals surface area contributed by atoms with Crippen molar-refractivity contribution in [3.8, 4) is 11.3 Å². The molecule has 0 unspecified atom stereocenters. The molecule has 1 aliphatic rings. The number of pyridine rings is 3. The van der Waals surface area contributed by atoms with Crippen LogP contribution in [-0.2, 0) is 5.41 Å². The van der Waals surface area contributed by atoms with Crippen molar-refractivity contribution < 1.29 is 14.3 Å². The Bertz CT molecular complexity index is 1110. The van der Waals surface area contributed by atoms with Gasteiger partial charge in [0.1, 0.15) is 11.4 Å². The van der Waals surface area contributed by atoms with Gasteiger partial charge in [0, 0.05) is 29.9 Å². The lowest BCUT2D eigenvalue weighted by Gasteiger charge is -2.41. The molecular weight excluding hydrogens is 375 g/mol. The summed E-state index contributed by atoms with van der Waals surface area (Å²) in [6.45, 7) is 0.545. The highest BCUT2D eigenvalue weighted by molar-refractivity contribution is 5.88. The standard InChI is InChI=1S/C21H19FN4O3/c22-16-3-1-8-23-18(16)21(6-2-7-21)12-26-14-4-5-17(24-11-14)13-9-15(20(28)29)19(27)25-10-13/h1,3-5,8-11,26H,2,6-7,12H2,(H,25,27)(H,28,29). The SMILES string of the molecule is O=C(O)c1cc(-c2ccc(NCC3(c4ncccc4F)CCC3)cn2)c[nH]c1=O. The van der Waals surface area contributed by atoms with Crippen LogP contribution in [0.1, 0.15) is 35.3 Å². The van der Waals surface area contributed by atoms with Crippen molar-refractivity contribution >= 4 is 11.7 Å². The molecule has 0 aromatic carbocycles. The lowest BCUT2D eigenvalue weighted by Crippen LogP contribution is -2.42. The first kappa shape index (κ1) is 18.8. The van der Waals surface area contributed by atoms with Gasteiger partial charge in [-0.3, -0.25) is 14.8 Å². The Morgan fingerprint density at radius 1 is 1.28 bits per heavy atom. The zero-order chi connectivity index (χ0) is 20.4. The summed E-state index contributed by atoms with van der Waals surface area (Å²) in [5.74, 6) is -1.58. The van der Waals surface area contributed by atoms with Gasteiger partial charge in [-0.2, -0.15) is 0 Å². The number of carboxylic acids is 1. The summed E-state index contributed by atoms with van der Waals surface area (Å²) in [6.07, 6.45) is 7.44. The lowest BCUT2D eigenvalue weighted by molar-refractivity contribution is 0.0695. The quantitative estimate of drug-likeness (QED) is 0.593. The summed E-state index contributed by atoms with van der Waals surface area (Å²) in [5, 5.41) is 12.4. The summed E-state index contributed by atoms with van der Waals surface area (Å²) in [6, 6.07) is 7.87. The minimum Gasteiger partial charge on any atom is -0.477 e. The van der Waals surface area contributed by atoms with Crippen LogP contribution in [0.25, 0.3) is 11.3 Å². The van der Waals surface area contributed by atoms with Crippen LogP contribution in [0.15, 0.2) is 53.7 Å². The van der Waals surface area contributed by atoms with Crippen LogP contribution in [0.2, 0.25) is 0 Å². The van der Waals surface area contributed by atoms with Gasteiger partial charge in [-0.05, 0) is 43.2 Å². The Balaban J connectivity index is 1.51. The summed E-state index contributed by atoms with van der Waals surface area (Å²) in [7, 11) is 0. The number of aromatic amines is 1. The fourth-order valence-electron chi connectivity index (χ4n) is 3.61. The van der Waals surface area contributed by atoms with E-state index in [9.17, 15) is 14.0 Å². The van der Waals surface area contributed by atoms with Gasteiger partial charge in [-0.1, -0.05) is 6.42 Å². The fourth-order valence-corrected chi connectivity index (χ4v) is 3.61. The van der Waals surface area contributed by atoms with Gasteiger partial charge < -0.3 is 15.4 Å². The van der Waals surface area contributed by atoms with Gasteiger partial charge in [-0.15, -0.1) is 0 Å². The molecule has 3 aromatic rings. The molecule has 3 heterocycles. The van der Waals surface area contributed by atoms with E-state index in [1.165, 1.54) is 18.3 Å². The molecular formula is C21H19FN4O3. The number of hydrogen-bond donors (Lipinski definition) is 3. The molecule has 0 amide bonds. The first-order chi connectivity index (χ1) is 14.0. The Morgan fingerprint density at radius 3 is 2.72 bits per heavy atom. The van der Waals surface area contributed by atoms with Gasteiger partial charge in [0.15, 0.2) is 0 Å². The van der Waals surface area contributed by atoms with Gasteiger partial charge in [0.05, 0.1) is 23.3 Å². The summed E-state index contributed by atoms with van der Waals surface area (Å²) >= 11 is 0. The maximum absolute atomic E-state index is 14.2. The molecule has 0 atom stereocenters. The monoisotopic (exact) mass is 394 g/mol. The molecule has 29 heavy (non-hydrogen) atoms. The van der Waals surface area contributed by atoms with Crippen LogP contribution in [0, 0.1) is 5.82 Å².